The summed E-state index contributed by atoms with van der Waals surface area (Å²) in [5.74, 6) is 1.73. The van der Waals surface area contributed by atoms with Crippen molar-refractivity contribution in [3.8, 4) is 0 Å². The fourth-order valence-electron chi connectivity index (χ4n) is 2.37. The highest BCUT2D eigenvalue weighted by Crippen LogP contribution is 2.37. The summed E-state index contributed by atoms with van der Waals surface area (Å²) in [6.45, 7) is 0.430. The summed E-state index contributed by atoms with van der Waals surface area (Å²) in [7, 11) is 0. The molecular formula is C14H16N4O3S3. The van der Waals surface area contributed by atoms with Crippen molar-refractivity contribution in [3.05, 3.63) is 44.0 Å². The zero-order valence-electron chi connectivity index (χ0n) is 12.9. The van der Waals surface area contributed by atoms with Gasteiger partial charge in [-0.05, 0) is 17.7 Å². The molecule has 24 heavy (non-hydrogen) atoms. The number of fused-ring (bicyclic) bond motifs is 1. The number of hydrogen-bond acceptors (Lipinski definition) is 7. The molecule has 3 rings (SSSR count). The van der Waals surface area contributed by atoms with Gasteiger partial charge in [-0.2, -0.15) is 11.8 Å². The van der Waals surface area contributed by atoms with Crippen LogP contribution in [0.4, 0.5) is 0 Å². The van der Waals surface area contributed by atoms with Crippen LogP contribution in [0.25, 0.3) is 0 Å². The Morgan fingerprint density at radius 1 is 1.46 bits per heavy atom. The summed E-state index contributed by atoms with van der Waals surface area (Å²) in [6.07, 6.45) is 6.39. The number of allylic oxidation sites excluding steroid dienone is 1. The van der Waals surface area contributed by atoms with E-state index in [9.17, 15) is 14.4 Å². The van der Waals surface area contributed by atoms with Gasteiger partial charge in [0.1, 0.15) is 0 Å². The lowest BCUT2D eigenvalue weighted by atomic mass is 10.1. The molecule has 0 radical (unpaired) electrons. The molecule has 1 amide bonds. The molecule has 0 spiro atoms. The van der Waals surface area contributed by atoms with E-state index in [1.54, 1.807) is 33.8 Å². The van der Waals surface area contributed by atoms with Gasteiger partial charge in [-0.3, -0.25) is 23.9 Å². The SMILES string of the molecule is CSCCn1c(S/C=C/C2=CCSC3CC(=O)N23)n[nH]c(=O)c1=O. The number of β-lactam (4-membered cyclic amide) rings is 1. The number of H-pyrrole nitrogens is 1. The Hall–Kier alpha value is -1.39. The van der Waals surface area contributed by atoms with Crippen molar-refractivity contribution in [1.29, 1.82) is 0 Å². The lowest BCUT2D eigenvalue weighted by Gasteiger charge is -2.42. The van der Waals surface area contributed by atoms with E-state index in [1.807, 2.05) is 18.4 Å². The van der Waals surface area contributed by atoms with Crippen molar-refractivity contribution in [1.82, 2.24) is 19.7 Å². The van der Waals surface area contributed by atoms with Crippen LogP contribution in [0, 0.1) is 0 Å². The first-order valence-corrected chi connectivity index (χ1v) is 10.6. The quantitative estimate of drug-likeness (QED) is 0.446. The first-order chi connectivity index (χ1) is 11.6. The maximum atomic E-state index is 12.0. The highest BCUT2D eigenvalue weighted by molar-refractivity contribution is 8.02. The van der Waals surface area contributed by atoms with E-state index < -0.39 is 11.1 Å². The second-order valence-electron chi connectivity index (χ2n) is 5.09. The van der Waals surface area contributed by atoms with Crippen LogP contribution in [0.2, 0.25) is 0 Å². The predicted octanol–water partition coefficient (Wildman–Crippen LogP) is 1.09. The number of nitrogens with zero attached hydrogens (tertiary/aromatic N) is 3. The van der Waals surface area contributed by atoms with Crippen molar-refractivity contribution in [2.75, 3.05) is 17.8 Å². The third-order valence-electron chi connectivity index (χ3n) is 3.62. The van der Waals surface area contributed by atoms with Crippen molar-refractivity contribution in [2.24, 2.45) is 0 Å². The Bertz CT molecular complexity index is 814. The van der Waals surface area contributed by atoms with Crippen LogP contribution < -0.4 is 11.1 Å². The van der Waals surface area contributed by atoms with E-state index in [0.29, 0.717) is 23.9 Å². The number of aromatic nitrogens is 3. The average Bonchev–Trinajstić information content (AvgIpc) is 2.56. The monoisotopic (exact) mass is 384 g/mol. The van der Waals surface area contributed by atoms with E-state index >= 15 is 0 Å². The zero-order chi connectivity index (χ0) is 17.1. The molecule has 2 aliphatic rings. The van der Waals surface area contributed by atoms with E-state index in [2.05, 4.69) is 10.2 Å². The molecule has 1 aromatic rings. The van der Waals surface area contributed by atoms with Gasteiger partial charge in [0, 0.05) is 23.7 Å². The number of rotatable bonds is 6. The van der Waals surface area contributed by atoms with E-state index in [4.69, 9.17) is 0 Å². The molecule has 1 fully saturated rings. The molecule has 3 heterocycles. The van der Waals surface area contributed by atoms with Crippen molar-refractivity contribution >= 4 is 41.2 Å². The van der Waals surface area contributed by atoms with Crippen LogP contribution in [0.1, 0.15) is 6.42 Å². The van der Waals surface area contributed by atoms with Gasteiger partial charge in [0.15, 0.2) is 5.16 Å². The fourth-order valence-corrected chi connectivity index (χ4v) is 4.60. The summed E-state index contributed by atoms with van der Waals surface area (Å²) < 4.78 is 1.38. The first kappa shape index (κ1) is 17.4. The second-order valence-corrected chi connectivity index (χ2v) is 8.16. The van der Waals surface area contributed by atoms with Gasteiger partial charge in [0.2, 0.25) is 5.91 Å². The Kier molecular flexibility index (Phi) is 5.57. The highest BCUT2D eigenvalue weighted by atomic mass is 32.2. The van der Waals surface area contributed by atoms with E-state index in [-0.39, 0.29) is 11.3 Å². The van der Waals surface area contributed by atoms with Gasteiger partial charge in [-0.1, -0.05) is 17.8 Å². The molecule has 1 unspecified atom stereocenters. The van der Waals surface area contributed by atoms with Crippen LogP contribution in [-0.2, 0) is 11.3 Å². The smallest absolute Gasteiger partial charge is 0.300 e. The predicted molar refractivity (Wildman–Crippen MR) is 98.3 cm³/mol. The molecule has 2 aliphatic heterocycles. The molecule has 10 heteroatoms. The van der Waals surface area contributed by atoms with Crippen LogP contribution in [0.5, 0.6) is 0 Å². The maximum absolute atomic E-state index is 12.0. The molecule has 0 aromatic carbocycles. The number of carbonyl (C=O) groups excluding carboxylic acids is 1. The minimum Gasteiger partial charge on any atom is -0.300 e. The van der Waals surface area contributed by atoms with E-state index in [1.165, 1.54) is 16.3 Å². The van der Waals surface area contributed by atoms with E-state index in [0.717, 1.165) is 11.4 Å². The summed E-state index contributed by atoms with van der Waals surface area (Å²) in [4.78, 5) is 36.9. The number of aromatic amines is 1. The van der Waals surface area contributed by atoms with Crippen molar-refractivity contribution in [3.63, 3.8) is 0 Å². The normalized spacial score (nSPS) is 20.0. The number of carbonyl (C=O) groups is 1. The summed E-state index contributed by atoms with van der Waals surface area (Å²) in [5, 5.41) is 8.66. The third kappa shape index (κ3) is 3.50. The summed E-state index contributed by atoms with van der Waals surface area (Å²) >= 11 is 4.59. The molecule has 7 nitrogen and oxygen atoms in total. The van der Waals surface area contributed by atoms with Crippen LogP contribution in [0.15, 0.2) is 38.0 Å². The molecule has 1 N–H and O–H groups in total. The molecule has 128 valence electrons. The largest absolute Gasteiger partial charge is 0.330 e. The summed E-state index contributed by atoms with van der Waals surface area (Å²) in [5.41, 5.74) is -0.434. The third-order valence-corrected chi connectivity index (χ3v) is 6.13. The molecule has 0 aliphatic carbocycles. The number of thioether (sulfide) groups is 3. The lowest BCUT2D eigenvalue weighted by Crippen LogP contribution is -2.51. The van der Waals surface area contributed by atoms with Crippen LogP contribution in [-0.4, -0.2) is 48.7 Å². The average molecular weight is 385 g/mol. The molecule has 0 saturated carbocycles. The fraction of sp³-hybridized carbons (Fsp3) is 0.429. The van der Waals surface area contributed by atoms with Crippen LogP contribution in [0.3, 0.4) is 0 Å². The lowest BCUT2D eigenvalue weighted by molar-refractivity contribution is -0.138. The maximum Gasteiger partial charge on any atom is 0.330 e. The van der Waals surface area contributed by atoms with Crippen LogP contribution >= 0.6 is 35.3 Å². The van der Waals surface area contributed by atoms with Gasteiger partial charge in [-0.15, -0.1) is 16.9 Å². The Morgan fingerprint density at radius 3 is 3.04 bits per heavy atom. The Morgan fingerprint density at radius 2 is 2.29 bits per heavy atom. The van der Waals surface area contributed by atoms with Gasteiger partial charge in [-0.25, -0.2) is 5.10 Å². The molecular weight excluding hydrogens is 368 g/mol. The molecule has 0 bridgehead atoms. The Balaban J connectivity index is 1.75. The number of amides is 1. The molecule has 1 saturated heterocycles. The van der Waals surface area contributed by atoms with Gasteiger partial charge in [0.25, 0.3) is 0 Å². The first-order valence-electron chi connectivity index (χ1n) is 7.27. The van der Waals surface area contributed by atoms with Gasteiger partial charge < -0.3 is 0 Å². The second kappa shape index (κ2) is 7.66. The van der Waals surface area contributed by atoms with Crippen molar-refractivity contribution < 1.29 is 4.79 Å². The number of nitrogens with one attached hydrogen (secondary N) is 1. The Labute approximate surface area is 151 Å². The standard InChI is InChI=1S/C14H16N4O3S3/c1-22-7-4-17-13(21)12(20)15-16-14(17)24-6-3-9-2-5-23-11-8-10(19)18(9)11/h2-3,6,11H,4-5,7-8H2,1H3,(H,15,20)/b6-3+. The highest BCUT2D eigenvalue weighted by Gasteiger charge is 2.39. The topological polar surface area (TPSA) is 88.1 Å². The molecule has 1 atom stereocenters. The van der Waals surface area contributed by atoms with Gasteiger partial charge in [0.05, 0.1) is 11.8 Å². The molecule has 1 aromatic heterocycles. The van der Waals surface area contributed by atoms with Crippen molar-refractivity contribution in [2.45, 2.75) is 23.5 Å². The minimum atomic E-state index is -0.717. The summed E-state index contributed by atoms with van der Waals surface area (Å²) in [6, 6.07) is 0. The number of hydrogen-bond donors (Lipinski definition) is 1. The van der Waals surface area contributed by atoms with Gasteiger partial charge >= 0.3 is 11.1 Å². The minimum absolute atomic E-state index is 0.132. The zero-order valence-corrected chi connectivity index (χ0v) is 15.4.